The number of rotatable bonds is 13. The molecule has 0 unspecified atom stereocenters. The van der Waals surface area contributed by atoms with Gasteiger partial charge in [-0.2, -0.15) is 0 Å². The molecular formula is C15H33ClO8P2S. The Morgan fingerprint density at radius 3 is 1.15 bits per heavy atom. The highest BCUT2D eigenvalue weighted by molar-refractivity contribution is 8.13. The van der Waals surface area contributed by atoms with Crippen LogP contribution in [0.4, 0.5) is 0 Å². The lowest BCUT2D eigenvalue weighted by Crippen LogP contribution is -2.25. The van der Waals surface area contributed by atoms with E-state index in [1.807, 2.05) is 0 Å². The standard InChI is InChI=1S/C15H33ClO8P2S/c1-11(2)21-25(17,22-12(3)4)15(9-10-27(16,19)20)26(18,23-13(5)6)24-14(7)8/h11-15H,9-10H2,1-8H3. The van der Waals surface area contributed by atoms with Crippen molar-refractivity contribution >= 4 is 34.9 Å². The lowest BCUT2D eigenvalue weighted by molar-refractivity contribution is 0.122. The number of hydrogen-bond acceptors (Lipinski definition) is 8. The van der Waals surface area contributed by atoms with Gasteiger partial charge >= 0.3 is 15.2 Å². The van der Waals surface area contributed by atoms with Crippen LogP contribution in [-0.2, 0) is 36.3 Å². The summed E-state index contributed by atoms with van der Waals surface area (Å²) < 4.78 is 72.5. The van der Waals surface area contributed by atoms with Crippen LogP contribution in [0.25, 0.3) is 0 Å². The Kier molecular flexibility index (Phi) is 11.3. The highest BCUT2D eigenvalue weighted by Crippen LogP contribution is 2.73. The maximum absolute atomic E-state index is 13.6. The van der Waals surface area contributed by atoms with E-state index in [9.17, 15) is 17.5 Å². The third-order valence-electron chi connectivity index (χ3n) is 2.78. The predicted octanol–water partition coefficient (Wildman–Crippen LogP) is 5.36. The first kappa shape index (κ1) is 27.5. The molecule has 0 bridgehead atoms. The van der Waals surface area contributed by atoms with E-state index in [-0.39, 0.29) is 6.42 Å². The Morgan fingerprint density at radius 2 is 0.963 bits per heavy atom. The van der Waals surface area contributed by atoms with Crippen molar-refractivity contribution in [2.75, 3.05) is 5.75 Å². The predicted molar refractivity (Wildman–Crippen MR) is 108 cm³/mol. The molecule has 0 saturated carbocycles. The number of halogens is 1. The Hall–Kier alpha value is 0.540. The molecule has 0 aromatic carbocycles. The zero-order valence-corrected chi connectivity index (χ0v) is 20.6. The van der Waals surface area contributed by atoms with Crippen LogP contribution in [0.5, 0.6) is 0 Å². The topological polar surface area (TPSA) is 105 Å². The van der Waals surface area contributed by atoms with E-state index in [1.54, 1.807) is 55.4 Å². The van der Waals surface area contributed by atoms with E-state index in [1.165, 1.54) is 0 Å². The van der Waals surface area contributed by atoms with Gasteiger partial charge in [0, 0.05) is 10.7 Å². The van der Waals surface area contributed by atoms with Crippen molar-refractivity contribution in [3.05, 3.63) is 0 Å². The van der Waals surface area contributed by atoms with E-state index < -0.39 is 59.8 Å². The van der Waals surface area contributed by atoms with Crippen molar-refractivity contribution in [1.82, 2.24) is 0 Å². The minimum absolute atomic E-state index is 0.362. The van der Waals surface area contributed by atoms with Gasteiger partial charge in [-0.15, -0.1) is 0 Å². The molecular weight excluding hydrogens is 438 g/mol. The molecule has 0 saturated heterocycles. The van der Waals surface area contributed by atoms with Gasteiger partial charge < -0.3 is 18.1 Å². The maximum atomic E-state index is 13.6. The Bertz CT molecular complexity index is 582. The average Bonchev–Trinajstić information content (AvgIpc) is 2.31. The van der Waals surface area contributed by atoms with Crippen molar-refractivity contribution in [2.45, 2.75) is 91.6 Å². The molecule has 0 aliphatic heterocycles. The molecule has 0 atom stereocenters. The van der Waals surface area contributed by atoms with Gasteiger partial charge in [0.2, 0.25) is 9.05 Å². The molecule has 0 aromatic heterocycles. The molecule has 0 N–H and O–H groups in total. The van der Waals surface area contributed by atoms with Gasteiger partial charge in [-0.05, 0) is 61.8 Å². The Balaban J connectivity index is 6.34. The minimum atomic E-state index is -4.10. The summed E-state index contributed by atoms with van der Waals surface area (Å²) in [7, 11) is -6.81. The van der Waals surface area contributed by atoms with Crippen molar-refractivity contribution in [3.63, 3.8) is 0 Å². The molecule has 0 rings (SSSR count). The fraction of sp³-hybridized carbons (Fsp3) is 1.00. The van der Waals surface area contributed by atoms with Crippen molar-refractivity contribution in [3.8, 4) is 0 Å². The summed E-state index contributed by atoms with van der Waals surface area (Å²) in [6.45, 7) is 13.1. The average molecular weight is 471 g/mol. The van der Waals surface area contributed by atoms with Crippen LogP contribution >= 0.6 is 25.9 Å². The van der Waals surface area contributed by atoms with E-state index >= 15 is 0 Å². The van der Waals surface area contributed by atoms with Gasteiger partial charge in [0.05, 0.1) is 30.2 Å². The maximum Gasteiger partial charge on any atom is 0.346 e. The molecule has 0 aliphatic carbocycles. The highest BCUT2D eigenvalue weighted by Gasteiger charge is 2.53. The molecule has 0 aliphatic rings. The summed E-state index contributed by atoms with van der Waals surface area (Å²) in [4.78, 5) is 0. The van der Waals surface area contributed by atoms with Gasteiger partial charge in [-0.1, -0.05) is 0 Å². The molecule has 0 aromatic rings. The molecule has 0 radical (unpaired) electrons. The smallest absolute Gasteiger partial charge is 0.305 e. The fourth-order valence-corrected chi connectivity index (χ4v) is 9.32. The zero-order chi connectivity index (χ0) is 21.6. The van der Waals surface area contributed by atoms with Gasteiger partial charge in [0.25, 0.3) is 0 Å². The molecule has 8 nitrogen and oxygen atoms in total. The first-order chi connectivity index (χ1) is 12.0. The van der Waals surface area contributed by atoms with Crippen LogP contribution < -0.4 is 0 Å². The first-order valence-corrected chi connectivity index (χ1v) is 14.6. The monoisotopic (exact) mass is 470 g/mol. The van der Waals surface area contributed by atoms with Crippen molar-refractivity contribution in [2.24, 2.45) is 0 Å². The van der Waals surface area contributed by atoms with Crippen molar-refractivity contribution in [1.29, 1.82) is 0 Å². The Morgan fingerprint density at radius 1 is 0.704 bits per heavy atom. The summed E-state index contributed by atoms with van der Waals surface area (Å²) >= 11 is 0. The second kappa shape index (κ2) is 11.1. The van der Waals surface area contributed by atoms with Gasteiger partial charge in [-0.25, -0.2) is 8.42 Å². The normalized spacial score (nSPS) is 14.3. The lowest BCUT2D eigenvalue weighted by Gasteiger charge is -2.35. The van der Waals surface area contributed by atoms with Crippen LogP contribution in [0.1, 0.15) is 61.8 Å². The van der Waals surface area contributed by atoms with Gasteiger partial charge in [0.1, 0.15) is 0 Å². The summed E-state index contributed by atoms with van der Waals surface area (Å²) in [5.74, 6) is -0.584. The van der Waals surface area contributed by atoms with Crippen molar-refractivity contribution < 1.29 is 35.6 Å². The summed E-state index contributed by atoms with van der Waals surface area (Å²) in [6, 6.07) is 0. The second-order valence-electron chi connectivity index (χ2n) is 7.21. The SMILES string of the molecule is CC(C)OP(=O)(OC(C)C)C(CCS(=O)(=O)Cl)P(=O)(OC(C)C)OC(C)C. The minimum Gasteiger partial charge on any atom is -0.305 e. The van der Waals surface area contributed by atoms with Gasteiger partial charge in [0.15, 0.2) is 5.40 Å². The van der Waals surface area contributed by atoms with Crippen LogP contribution in [0.3, 0.4) is 0 Å². The molecule has 0 amide bonds. The van der Waals surface area contributed by atoms with E-state index in [4.69, 9.17) is 28.8 Å². The fourth-order valence-electron chi connectivity index (χ4n) is 2.24. The van der Waals surface area contributed by atoms with Gasteiger partial charge in [-0.3, -0.25) is 9.13 Å². The summed E-state index contributed by atoms with van der Waals surface area (Å²) in [6.07, 6.45) is -2.49. The molecule has 0 heterocycles. The lowest BCUT2D eigenvalue weighted by atomic mass is 10.5. The zero-order valence-electron chi connectivity index (χ0n) is 17.2. The second-order valence-corrected chi connectivity index (χ2v) is 14.8. The Labute approximate surface area is 168 Å². The van der Waals surface area contributed by atoms with Crippen LogP contribution in [0, 0.1) is 0 Å². The quantitative estimate of drug-likeness (QED) is 0.262. The molecule has 12 heteroatoms. The highest BCUT2D eigenvalue weighted by atomic mass is 35.7. The van der Waals surface area contributed by atoms with E-state index in [0.717, 1.165) is 0 Å². The largest absolute Gasteiger partial charge is 0.346 e. The first-order valence-electron chi connectivity index (χ1n) is 8.86. The van der Waals surface area contributed by atoms with Crippen LogP contribution in [0.15, 0.2) is 0 Å². The third kappa shape index (κ3) is 10.8. The van der Waals surface area contributed by atoms with E-state index in [2.05, 4.69) is 0 Å². The number of hydrogen-bond donors (Lipinski definition) is 0. The third-order valence-corrected chi connectivity index (χ3v) is 10.5. The van der Waals surface area contributed by atoms with Crippen LogP contribution in [0.2, 0.25) is 0 Å². The summed E-state index contributed by atoms with van der Waals surface area (Å²) in [5, 5.41) is -1.44. The molecule has 164 valence electrons. The molecule has 0 fully saturated rings. The van der Waals surface area contributed by atoms with E-state index in [0.29, 0.717) is 0 Å². The van der Waals surface area contributed by atoms with Crippen LogP contribution in [-0.4, -0.2) is 44.0 Å². The molecule has 27 heavy (non-hydrogen) atoms. The molecule has 0 spiro atoms. The summed E-state index contributed by atoms with van der Waals surface area (Å²) in [5.41, 5.74) is 0.